The van der Waals surface area contributed by atoms with Crippen molar-refractivity contribution in [3.8, 4) is 16.9 Å². The highest BCUT2D eigenvalue weighted by Gasteiger charge is 2.35. The van der Waals surface area contributed by atoms with Crippen LogP contribution in [0.2, 0.25) is 5.02 Å². The Hall–Kier alpha value is -4.62. The molecule has 0 saturated heterocycles. The van der Waals surface area contributed by atoms with Crippen molar-refractivity contribution in [1.82, 2.24) is 14.2 Å². The van der Waals surface area contributed by atoms with E-state index in [1.54, 1.807) is 51.1 Å². The molecule has 0 aliphatic carbocycles. The van der Waals surface area contributed by atoms with Crippen LogP contribution < -0.4 is 16.0 Å². The van der Waals surface area contributed by atoms with E-state index in [0.29, 0.717) is 21.3 Å². The van der Waals surface area contributed by atoms with Gasteiger partial charge in [-0.25, -0.2) is 14.0 Å². The van der Waals surface area contributed by atoms with Crippen LogP contribution >= 0.6 is 11.6 Å². The maximum atomic E-state index is 14.9. The smallest absolute Gasteiger partial charge is 0.432 e. The second-order valence-corrected chi connectivity index (χ2v) is 11.6. The molecular formula is C32H30ClF4N3O6. The molecule has 0 unspecified atom stereocenters. The Labute approximate surface area is 265 Å². The summed E-state index contributed by atoms with van der Waals surface area (Å²) in [5, 5.41) is 10.7. The number of hydroxylamine groups is 2. The van der Waals surface area contributed by atoms with Crippen molar-refractivity contribution in [1.29, 1.82) is 0 Å². The number of carboxylic acid groups (broad SMARTS) is 1. The average Bonchev–Trinajstić information content (AvgIpc) is 2.98. The number of aromatic nitrogens is 2. The summed E-state index contributed by atoms with van der Waals surface area (Å²) in [5.74, 6) is -1.06. The standard InChI is InChI=1S/C32H30ClF4N3O6/c1-31(2,3)46-40(30(43)44)25(19-10-6-5-7-11-19)18-39-28(41)21(20-12-8-15-26(45-4)27(20)33)16-38(29(39)42)17-22-23(32(35,36)37)13-9-14-24(22)34/h5-16,25H,17-18H2,1-4H3,(H,43,44)/t25-/m0/s1. The maximum Gasteiger partial charge on any atom is 0.432 e. The fourth-order valence-corrected chi connectivity index (χ4v) is 5.14. The summed E-state index contributed by atoms with van der Waals surface area (Å²) in [7, 11) is 1.33. The van der Waals surface area contributed by atoms with Gasteiger partial charge in [-0.15, -0.1) is 0 Å². The Balaban J connectivity index is 2.02. The molecule has 14 heteroatoms. The van der Waals surface area contributed by atoms with Crippen LogP contribution in [0.4, 0.5) is 22.4 Å². The van der Waals surface area contributed by atoms with Gasteiger partial charge >= 0.3 is 18.0 Å². The molecule has 0 aliphatic rings. The number of hydrogen-bond donors (Lipinski definition) is 1. The lowest BCUT2D eigenvalue weighted by Crippen LogP contribution is -2.47. The lowest BCUT2D eigenvalue weighted by molar-refractivity contribution is -0.226. The molecule has 0 saturated carbocycles. The molecule has 244 valence electrons. The third-order valence-corrected chi connectivity index (χ3v) is 7.24. The molecule has 1 aromatic heterocycles. The Morgan fingerprint density at radius 2 is 1.63 bits per heavy atom. The lowest BCUT2D eigenvalue weighted by Gasteiger charge is -2.34. The van der Waals surface area contributed by atoms with Crippen LogP contribution in [-0.4, -0.2) is 38.1 Å². The number of ether oxygens (including phenoxy) is 1. The molecule has 0 fully saturated rings. The number of alkyl halides is 3. The van der Waals surface area contributed by atoms with Gasteiger partial charge in [-0.2, -0.15) is 18.2 Å². The van der Waals surface area contributed by atoms with Crippen molar-refractivity contribution < 1.29 is 37.0 Å². The summed E-state index contributed by atoms with van der Waals surface area (Å²) >= 11 is 6.52. The number of halogens is 5. The van der Waals surface area contributed by atoms with Crippen LogP contribution in [0.15, 0.2) is 82.5 Å². The highest BCUT2D eigenvalue weighted by Crippen LogP contribution is 2.35. The summed E-state index contributed by atoms with van der Waals surface area (Å²) in [5.41, 5.74) is -5.09. The van der Waals surface area contributed by atoms with Crippen LogP contribution in [0.25, 0.3) is 11.1 Å². The molecule has 1 atom stereocenters. The zero-order valence-corrected chi connectivity index (χ0v) is 25.9. The largest absolute Gasteiger partial charge is 0.495 e. The molecule has 0 aliphatic heterocycles. The fourth-order valence-electron chi connectivity index (χ4n) is 4.84. The molecule has 0 radical (unpaired) electrons. The van der Waals surface area contributed by atoms with Crippen LogP contribution in [0.1, 0.15) is 43.5 Å². The first kappa shape index (κ1) is 34.3. The van der Waals surface area contributed by atoms with Crippen LogP contribution in [0.5, 0.6) is 5.75 Å². The first-order valence-electron chi connectivity index (χ1n) is 13.8. The van der Waals surface area contributed by atoms with E-state index in [4.69, 9.17) is 21.2 Å². The number of methoxy groups -OCH3 is 1. The van der Waals surface area contributed by atoms with E-state index in [1.165, 1.54) is 25.3 Å². The van der Waals surface area contributed by atoms with E-state index in [1.807, 2.05) is 0 Å². The van der Waals surface area contributed by atoms with Crippen molar-refractivity contribution >= 4 is 17.7 Å². The van der Waals surface area contributed by atoms with Crippen LogP contribution in [0, 0.1) is 5.82 Å². The number of hydrogen-bond acceptors (Lipinski definition) is 5. The first-order chi connectivity index (χ1) is 21.5. The van der Waals surface area contributed by atoms with Gasteiger partial charge in [0.25, 0.3) is 5.56 Å². The minimum Gasteiger partial charge on any atom is -0.495 e. The maximum absolute atomic E-state index is 14.9. The Bertz CT molecular complexity index is 1850. The van der Waals surface area contributed by atoms with Crippen molar-refractivity contribution in [3.63, 3.8) is 0 Å². The summed E-state index contributed by atoms with van der Waals surface area (Å²) in [6.45, 7) is 3.24. The van der Waals surface area contributed by atoms with Crippen molar-refractivity contribution in [2.24, 2.45) is 0 Å². The van der Waals surface area contributed by atoms with Crippen molar-refractivity contribution in [2.45, 2.75) is 51.7 Å². The SMILES string of the molecule is COc1cccc(-c2cn(Cc3c(F)cccc3C(F)(F)F)c(=O)n(C[C@@H](c3ccccc3)N(OC(C)(C)C)C(=O)O)c2=O)c1Cl. The molecular weight excluding hydrogens is 634 g/mol. The minimum atomic E-state index is -4.96. The average molecular weight is 664 g/mol. The molecule has 1 amide bonds. The second-order valence-electron chi connectivity index (χ2n) is 11.2. The molecule has 1 heterocycles. The zero-order valence-electron chi connectivity index (χ0n) is 25.1. The monoisotopic (exact) mass is 663 g/mol. The van der Waals surface area contributed by atoms with Crippen molar-refractivity contribution in [2.75, 3.05) is 7.11 Å². The minimum absolute atomic E-state index is 0.0384. The second kappa shape index (κ2) is 13.4. The van der Waals surface area contributed by atoms with Gasteiger partial charge in [0.2, 0.25) is 0 Å². The van der Waals surface area contributed by atoms with E-state index >= 15 is 0 Å². The van der Waals surface area contributed by atoms with E-state index in [0.717, 1.165) is 22.9 Å². The molecule has 0 bridgehead atoms. The van der Waals surface area contributed by atoms with E-state index in [2.05, 4.69) is 0 Å². The van der Waals surface area contributed by atoms with Gasteiger partial charge in [0, 0.05) is 17.3 Å². The topological polar surface area (TPSA) is 103 Å². The molecule has 0 spiro atoms. The van der Waals surface area contributed by atoms with Gasteiger partial charge in [-0.05, 0) is 44.5 Å². The number of rotatable bonds is 9. The lowest BCUT2D eigenvalue weighted by atomic mass is 10.0. The van der Waals surface area contributed by atoms with Crippen LogP contribution in [0.3, 0.4) is 0 Å². The zero-order chi connectivity index (χ0) is 34.0. The molecule has 46 heavy (non-hydrogen) atoms. The quantitative estimate of drug-likeness (QED) is 0.153. The number of nitrogens with zero attached hydrogens (tertiary/aromatic N) is 3. The Morgan fingerprint density at radius 1 is 0.978 bits per heavy atom. The fraction of sp³-hybridized carbons (Fsp3) is 0.281. The predicted octanol–water partition coefficient (Wildman–Crippen LogP) is 7.00. The van der Waals surface area contributed by atoms with Crippen molar-refractivity contribution in [3.05, 3.63) is 121 Å². The normalized spacial score (nSPS) is 12.5. The number of carbonyl (C=O) groups is 1. The third kappa shape index (κ3) is 7.43. The van der Waals surface area contributed by atoms with Gasteiger partial charge in [-0.3, -0.25) is 18.8 Å². The van der Waals surface area contributed by atoms with Gasteiger partial charge < -0.3 is 9.84 Å². The van der Waals surface area contributed by atoms with Gasteiger partial charge in [0.1, 0.15) is 17.6 Å². The molecule has 1 N–H and O–H groups in total. The number of amides is 1. The van der Waals surface area contributed by atoms with Gasteiger partial charge in [-0.1, -0.05) is 60.1 Å². The van der Waals surface area contributed by atoms with E-state index in [-0.39, 0.29) is 21.9 Å². The highest BCUT2D eigenvalue weighted by atomic mass is 35.5. The first-order valence-corrected chi connectivity index (χ1v) is 14.2. The third-order valence-electron chi connectivity index (χ3n) is 6.85. The molecule has 4 aromatic rings. The predicted molar refractivity (Wildman–Crippen MR) is 162 cm³/mol. The van der Waals surface area contributed by atoms with E-state index in [9.17, 15) is 37.1 Å². The number of benzene rings is 3. The van der Waals surface area contributed by atoms with Gasteiger partial charge in [0.15, 0.2) is 0 Å². The molecule has 3 aromatic carbocycles. The van der Waals surface area contributed by atoms with E-state index < -0.39 is 65.2 Å². The Kier molecular flexibility index (Phi) is 9.97. The summed E-state index contributed by atoms with van der Waals surface area (Å²) < 4.78 is 63.3. The van der Waals surface area contributed by atoms with Gasteiger partial charge in [0.05, 0.1) is 41.9 Å². The highest BCUT2D eigenvalue weighted by molar-refractivity contribution is 6.34. The summed E-state index contributed by atoms with van der Waals surface area (Å²) in [6.07, 6.45) is -5.50. The summed E-state index contributed by atoms with van der Waals surface area (Å²) in [6, 6.07) is 13.6. The van der Waals surface area contributed by atoms with Crippen LogP contribution in [-0.2, 0) is 24.1 Å². The Morgan fingerprint density at radius 3 is 2.22 bits per heavy atom. The summed E-state index contributed by atoms with van der Waals surface area (Å²) in [4.78, 5) is 46.2. The molecule has 9 nitrogen and oxygen atoms in total. The molecule has 4 rings (SSSR count).